The molecular weight excluding hydrogens is 142 g/mol. The Balaban J connectivity index is 2.58. The van der Waals surface area contributed by atoms with Crippen LogP contribution in [0.5, 0.6) is 5.75 Å². The van der Waals surface area contributed by atoms with E-state index in [1.807, 2.05) is 18.2 Å². The normalized spacial score (nSPS) is 8.82. The van der Waals surface area contributed by atoms with E-state index < -0.39 is 0 Å². The first-order chi connectivity index (χ1) is 5.33. The molecule has 0 aliphatic rings. The molecule has 3 heteroatoms. The summed E-state index contributed by atoms with van der Waals surface area (Å²) in [6.07, 6.45) is 0. The minimum Gasteiger partial charge on any atom is -0.440 e. The smallest absolute Gasteiger partial charge is 0.209 e. The molecule has 0 radical (unpaired) electrons. The van der Waals surface area contributed by atoms with E-state index in [9.17, 15) is 0 Å². The lowest BCUT2D eigenvalue weighted by Crippen LogP contribution is -2.10. The molecule has 1 aromatic carbocycles. The first-order valence-corrected chi connectivity index (χ1v) is 3.15. The fraction of sp³-hybridized carbons (Fsp3) is 0. The maximum absolute atomic E-state index is 8.32. The Morgan fingerprint density at radius 2 is 2.00 bits per heavy atom. The number of ether oxygens (including phenoxy) is 1. The van der Waals surface area contributed by atoms with E-state index in [0.29, 0.717) is 5.75 Å². The molecule has 58 valence electrons. The van der Waals surface area contributed by atoms with Gasteiger partial charge in [0.15, 0.2) is 0 Å². The van der Waals surface area contributed by atoms with Gasteiger partial charge in [0, 0.05) is 0 Å². The zero-order valence-corrected chi connectivity index (χ0v) is 5.95. The van der Waals surface area contributed by atoms with Crippen LogP contribution in [0.25, 0.3) is 0 Å². The third kappa shape index (κ3) is 2.31. The molecule has 0 aliphatic heterocycles. The molecule has 0 bridgehead atoms. The Hall–Kier alpha value is -1.48. The van der Waals surface area contributed by atoms with Gasteiger partial charge in [0.05, 0.1) is 0 Å². The van der Waals surface area contributed by atoms with Crippen molar-refractivity contribution >= 4 is 0 Å². The molecule has 2 N–H and O–H groups in total. The zero-order valence-electron chi connectivity index (χ0n) is 5.95. The van der Waals surface area contributed by atoms with Crippen LogP contribution < -0.4 is 10.2 Å². The Labute approximate surface area is 64.9 Å². The quantitative estimate of drug-likeness (QED) is 0.508. The standard InChI is InChI=1S/C8H9NO2/c1-7(9-10)11-8-5-3-2-4-6-8/h2-6,9-10H,1H2. The summed E-state index contributed by atoms with van der Waals surface area (Å²) in [5, 5.41) is 8.32. The number of para-hydroxylation sites is 1. The van der Waals surface area contributed by atoms with Crippen molar-refractivity contribution in [3.63, 3.8) is 0 Å². The van der Waals surface area contributed by atoms with Crippen LogP contribution in [0.15, 0.2) is 42.8 Å². The van der Waals surface area contributed by atoms with Crippen LogP contribution in [0.4, 0.5) is 0 Å². The summed E-state index contributed by atoms with van der Waals surface area (Å²) in [7, 11) is 0. The molecular formula is C8H9NO2. The fourth-order valence-corrected chi connectivity index (χ4v) is 0.654. The van der Waals surface area contributed by atoms with Crippen LogP contribution in [-0.2, 0) is 0 Å². The van der Waals surface area contributed by atoms with Gasteiger partial charge >= 0.3 is 0 Å². The van der Waals surface area contributed by atoms with Crippen molar-refractivity contribution in [2.24, 2.45) is 0 Å². The van der Waals surface area contributed by atoms with Crippen molar-refractivity contribution in [3.05, 3.63) is 42.8 Å². The monoisotopic (exact) mass is 151 g/mol. The molecule has 3 nitrogen and oxygen atoms in total. The fourth-order valence-electron chi connectivity index (χ4n) is 0.654. The van der Waals surface area contributed by atoms with Crippen LogP contribution in [0.1, 0.15) is 0 Å². The van der Waals surface area contributed by atoms with E-state index in [4.69, 9.17) is 9.94 Å². The highest BCUT2D eigenvalue weighted by Crippen LogP contribution is 2.09. The number of benzene rings is 1. The Morgan fingerprint density at radius 1 is 1.36 bits per heavy atom. The molecule has 11 heavy (non-hydrogen) atoms. The molecule has 1 rings (SSSR count). The number of hydroxylamine groups is 1. The van der Waals surface area contributed by atoms with E-state index in [-0.39, 0.29) is 5.88 Å². The second kappa shape index (κ2) is 3.63. The molecule has 0 aromatic heterocycles. The summed E-state index contributed by atoms with van der Waals surface area (Å²) < 4.78 is 5.01. The number of rotatable bonds is 3. The predicted octanol–water partition coefficient (Wildman–Crippen LogP) is 1.52. The summed E-state index contributed by atoms with van der Waals surface area (Å²) in [5.41, 5.74) is 1.80. The lowest BCUT2D eigenvalue weighted by molar-refractivity contribution is 0.149. The molecule has 0 spiro atoms. The topological polar surface area (TPSA) is 41.5 Å². The van der Waals surface area contributed by atoms with Crippen LogP contribution in [0, 0.1) is 0 Å². The van der Waals surface area contributed by atoms with Gasteiger partial charge in [0.1, 0.15) is 5.75 Å². The van der Waals surface area contributed by atoms with Crippen molar-refractivity contribution in [3.8, 4) is 5.75 Å². The van der Waals surface area contributed by atoms with E-state index in [1.165, 1.54) is 0 Å². The third-order valence-electron chi connectivity index (χ3n) is 1.11. The molecule has 0 fully saturated rings. The van der Waals surface area contributed by atoms with E-state index in [2.05, 4.69) is 6.58 Å². The lowest BCUT2D eigenvalue weighted by atomic mass is 10.3. The van der Waals surface area contributed by atoms with Crippen LogP contribution in [0.2, 0.25) is 0 Å². The minimum absolute atomic E-state index is 0.108. The Kier molecular flexibility index (Phi) is 2.52. The lowest BCUT2D eigenvalue weighted by Gasteiger charge is -2.04. The van der Waals surface area contributed by atoms with Crippen LogP contribution in [-0.4, -0.2) is 5.21 Å². The second-order valence-electron chi connectivity index (χ2n) is 1.95. The Morgan fingerprint density at radius 3 is 2.55 bits per heavy atom. The summed E-state index contributed by atoms with van der Waals surface area (Å²) >= 11 is 0. The molecule has 0 amide bonds. The van der Waals surface area contributed by atoms with Gasteiger partial charge < -0.3 is 4.74 Å². The van der Waals surface area contributed by atoms with Gasteiger partial charge in [-0.1, -0.05) is 18.2 Å². The highest BCUT2D eigenvalue weighted by molar-refractivity contribution is 5.22. The zero-order chi connectivity index (χ0) is 8.10. The van der Waals surface area contributed by atoms with Gasteiger partial charge in [-0.3, -0.25) is 5.21 Å². The largest absolute Gasteiger partial charge is 0.440 e. The second-order valence-corrected chi connectivity index (χ2v) is 1.95. The van der Waals surface area contributed by atoms with Crippen molar-refractivity contribution in [2.45, 2.75) is 0 Å². The molecule has 0 saturated carbocycles. The van der Waals surface area contributed by atoms with Gasteiger partial charge in [0.2, 0.25) is 5.88 Å². The molecule has 0 atom stereocenters. The number of hydrogen-bond acceptors (Lipinski definition) is 3. The first-order valence-electron chi connectivity index (χ1n) is 3.15. The molecule has 1 aromatic rings. The van der Waals surface area contributed by atoms with Gasteiger partial charge in [-0.05, 0) is 18.7 Å². The van der Waals surface area contributed by atoms with Crippen molar-refractivity contribution in [1.29, 1.82) is 0 Å². The minimum atomic E-state index is 0.108. The maximum atomic E-state index is 8.32. The highest BCUT2D eigenvalue weighted by Gasteiger charge is 1.92. The van der Waals surface area contributed by atoms with Gasteiger partial charge in [0.25, 0.3) is 0 Å². The van der Waals surface area contributed by atoms with Crippen LogP contribution >= 0.6 is 0 Å². The van der Waals surface area contributed by atoms with Gasteiger partial charge in [-0.15, -0.1) is 0 Å². The summed E-state index contributed by atoms with van der Waals surface area (Å²) in [4.78, 5) is 0. The Bertz CT molecular complexity index is 233. The van der Waals surface area contributed by atoms with E-state index in [1.54, 1.807) is 17.6 Å². The van der Waals surface area contributed by atoms with E-state index in [0.717, 1.165) is 0 Å². The number of nitrogens with one attached hydrogen (secondary N) is 1. The van der Waals surface area contributed by atoms with Gasteiger partial charge in [-0.2, -0.15) is 0 Å². The summed E-state index contributed by atoms with van der Waals surface area (Å²) in [5.74, 6) is 0.746. The average Bonchev–Trinajstić information content (AvgIpc) is 2.06. The van der Waals surface area contributed by atoms with E-state index >= 15 is 0 Å². The highest BCUT2D eigenvalue weighted by atomic mass is 16.6. The average molecular weight is 151 g/mol. The van der Waals surface area contributed by atoms with Crippen molar-refractivity contribution in [2.75, 3.05) is 0 Å². The van der Waals surface area contributed by atoms with Crippen LogP contribution in [0.3, 0.4) is 0 Å². The first kappa shape index (κ1) is 7.63. The molecule has 0 saturated heterocycles. The van der Waals surface area contributed by atoms with Crippen molar-refractivity contribution < 1.29 is 9.94 Å². The van der Waals surface area contributed by atoms with Crippen molar-refractivity contribution in [1.82, 2.24) is 5.48 Å². The summed E-state index contributed by atoms with van der Waals surface area (Å²) in [6.45, 7) is 3.39. The predicted molar refractivity (Wildman–Crippen MR) is 41.1 cm³/mol. The SMILES string of the molecule is C=C(NO)Oc1ccccc1. The maximum Gasteiger partial charge on any atom is 0.209 e. The molecule has 0 unspecified atom stereocenters. The molecule has 0 aliphatic carbocycles. The number of hydrogen-bond donors (Lipinski definition) is 2. The molecule has 0 heterocycles. The van der Waals surface area contributed by atoms with Gasteiger partial charge in [-0.25, -0.2) is 5.48 Å². The summed E-state index contributed by atoms with van der Waals surface area (Å²) in [6, 6.07) is 9.08. The third-order valence-corrected chi connectivity index (χ3v) is 1.11.